The number of thioether (sulfide) groups is 1. The average Bonchev–Trinajstić information content (AvgIpc) is 3.62. The van der Waals surface area contributed by atoms with Gasteiger partial charge in [0.15, 0.2) is 5.17 Å². The minimum Gasteiger partial charge on any atom is -0.467 e. The van der Waals surface area contributed by atoms with Gasteiger partial charge in [0.05, 0.1) is 23.4 Å². The molecule has 3 aromatic carbocycles. The Hall–Kier alpha value is -4.36. The number of nitrogens with zero attached hydrogens (tertiary/aromatic N) is 3. The molecule has 7 heteroatoms. The minimum atomic E-state index is -0.238. The van der Waals surface area contributed by atoms with Gasteiger partial charge >= 0.3 is 0 Å². The van der Waals surface area contributed by atoms with Crippen molar-refractivity contribution in [2.45, 2.75) is 13.1 Å². The number of halogens is 1. The second kappa shape index (κ2) is 9.95. The van der Waals surface area contributed by atoms with Crippen molar-refractivity contribution in [1.82, 2.24) is 9.47 Å². The summed E-state index contributed by atoms with van der Waals surface area (Å²) in [5.41, 5.74) is 3.65. The van der Waals surface area contributed by atoms with Crippen LogP contribution in [0.2, 0.25) is 0 Å². The normalized spacial score (nSPS) is 15.9. The van der Waals surface area contributed by atoms with E-state index in [0.717, 1.165) is 27.7 Å². The summed E-state index contributed by atoms with van der Waals surface area (Å²) in [6, 6.07) is 28.0. The summed E-state index contributed by atoms with van der Waals surface area (Å²) >= 11 is 1.36. The lowest BCUT2D eigenvalue weighted by atomic mass is 10.1. The molecule has 3 heterocycles. The number of carbonyl (C=O) groups excluding carboxylic acids is 1. The molecule has 182 valence electrons. The van der Waals surface area contributed by atoms with Crippen molar-refractivity contribution in [3.05, 3.63) is 131 Å². The molecule has 0 bridgehead atoms. The SMILES string of the molecule is O=C1/C(=C\c2ccc3c(ccn3Cc3cccc(F)c3)c2)SC(=Nc2ccccc2)N1Cc1ccco1. The third-order valence-electron chi connectivity index (χ3n) is 6.10. The summed E-state index contributed by atoms with van der Waals surface area (Å²) in [5, 5.41) is 1.66. The summed E-state index contributed by atoms with van der Waals surface area (Å²) < 4.78 is 21.2. The molecule has 0 N–H and O–H groups in total. The maximum atomic E-state index is 13.6. The third kappa shape index (κ3) is 4.99. The largest absolute Gasteiger partial charge is 0.467 e. The van der Waals surface area contributed by atoms with E-state index in [2.05, 4.69) is 10.6 Å². The van der Waals surface area contributed by atoms with Gasteiger partial charge in [-0.25, -0.2) is 9.38 Å². The van der Waals surface area contributed by atoms with Crippen LogP contribution in [0.25, 0.3) is 17.0 Å². The van der Waals surface area contributed by atoms with Crippen LogP contribution in [0.3, 0.4) is 0 Å². The van der Waals surface area contributed by atoms with Crippen LogP contribution in [0.1, 0.15) is 16.9 Å². The lowest BCUT2D eigenvalue weighted by Gasteiger charge is -2.13. The summed E-state index contributed by atoms with van der Waals surface area (Å²) in [5.74, 6) is 0.342. The smallest absolute Gasteiger partial charge is 0.267 e. The molecule has 5 aromatic rings. The zero-order valence-corrected chi connectivity index (χ0v) is 20.6. The Balaban J connectivity index is 1.29. The number of hydrogen-bond donors (Lipinski definition) is 0. The molecule has 1 saturated heterocycles. The highest BCUT2D eigenvalue weighted by molar-refractivity contribution is 8.18. The van der Waals surface area contributed by atoms with E-state index in [1.54, 1.807) is 23.3 Å². The number of amides is 1. The Morgan fingerprint density at radius 3 is 2.62 bits per heavy atom. The van der Waals surface area contributed by atoms with Gasteiger partial charge in [-0.15, -0.1) is 0 Å². The summed E-state index contributed by atoms with van der Waals surface area (Å²) in [6.07, 6.45) is 5.50. The minimum absolute atomic E-state index is 0.111. The molecular formula is C30H22FN3O2S. The third-order valence-corrected chi connectivity index (χ3v) is 7.10. The van der Waals surface area contributed by atoms with Crippen molar-refractivity contribution in [2.24, 2.45) is 4.99 Å². The van der Waals surface area contributed by atoms with Crippen molar-refractivity contribution in [3.8, 4) is 0 Å². The van der Waals surface area contributed by atoms with Crippen LogP contribution in [0.15, 0.2) is 118 Å². The first-order chi connectivity index (χ1) is 18.1. The zero-order valence-electron chi connectivity index (χ0n) is 19.8. The molecule has 1 aliphatic rings. The van der Waals surface area contributed by atoms with Gasteiger partial charge in [-0.05, 0) is 83.6 Å². The van der Waals surface area contributed by atoms with Crippen molar-refractivity contribution in [2.75, 3.05) is 0 Å². The van der Waals surface area contributed by atoms with Crippen LogP contribution >= 0.6 is 11.8 Å². The molecule has 0 radical (unpaired) electrons. The van der Waals surface area contributed by atoms with Crippen LogP contribution in [-0.4, -0.2) is 20.5 Å². The van der Waals surface area contributed by atoms with Crippen molar-refractivity contribution < 1.29 is 13.6 Å². The van der Waals surface area contributed by atoms with Crippen molar-refractivity contribution in [3.63, 3.8) is 0 Å². The summed E-state index contributed by atoms with van der Waals surface area (Å²) in [7, 11) is 0. The highest BCUT2D eigenvalue weighted by Gasteiger charge is 2.34. The van der Waals surface area contributed by atoms with Gasteiger partial charge in [-0.3, -0.25) is 9.69 Å². The van der Waals surface area contributed by atoms with E-state index in [1.807, 2.05) is 79.0 Å². The lowest BCUT2D eigenvalue weighted by Crippen LogP contribution is -2.28. The maximum Gasteiger partial charge on any atom is 0.267 e. The van der Waals surface area contributed by atoms with Crippen LogP contribution < -0.4 is 0 Å². The fraction of sp³-hybridized carbons (Fsp3) is 0.0667. The molecule has 1 fully saturated rings. The highest BCUT2D eigenvalue weighted by atomic mass is 32.2. The molecule has 37 heavy (non-hydrogen) atoms. The van der Waals surface area contributed by atoms with Gasteiger partial charge in [0.2, 0.25) is 0 Å². The van der Waals surface area contributed by atoms with E-state index in [1.165, 1.54) is 17.8 Å². The first-order valence-electron chi connectivity index (χ1n) is 11.8. The Morgan fingerprint density at radius 1 is 0.919 bits per heavy atom. The molecule has 0 spiro atoms. The predicted octanol–water partition coefficient (Wildman–Crippen LogP) is 7.23. The number of benzene rings is 3. The first kappa shape index (κ1) is 23.1. The molecule has 6 rings (SSSR count). The maximum absolute atomic E-state index is 13.6. The number of furan rings is 1. The molecule has 2 aromatic heterocycles. The highest BCUT2D eigenvalue weighted by Crippen LogP contribution is 2.35. The number of aliphatic imine (C=N–C) groups is 1. The molecule has 0 unspecified atom stereocenters. The van der Waals surface area contributed by atoms with Crippen molar-refractivity contribution >= 4 is 45.5 Å². The lowest BCUT2D eigenvalue weighted by molar-refractivity contribution is -0.122. The number of fused-ring (bicyclic) bond motifs is 1. The van der Waals surface area contributed by atoms with Crippen LogP contribution in [0, 0.1) is 5.82 Å². The number of aromatic nitrogens is 1. The molecule has 1 amide bonds. The van der Waals surface area contributed by atoms with Gasteiger partial charge in [0, 0.05) is 23.6 Å². The number of hydrogen-bond acceptors (Lipinski definition) is 4. The number of amidine groups is 1. The first-order valence-corrected chi connectivity index (χ1v) is 12.6. The van der Waals surface area contributed by atoms with Gasteiger partial charge in [0.1, 0.15) is 11.6 Å². The standard InChI is InChI=1S/C30H22FN3O2S/c31-24-7-4-6-22(17-24)19-33-14-13-23-16-21(11-12-27(23)33)18-28-29(35)34(20-26-10-5-15-36-26)30(37-28)32-25-8-2-1-3-9-25/h1-18H,19-20H2/b28-18+,32-30?. The molecule has 1 aliphatic heterocycles. The van der Waals surface area contributed by atoms with Crippen LogP contribution in [-0.2, 0) is 17.9 Å². The second-order valence-electron chi connectivity index (χ2n) is 8.70. The fourth-order valence-corrected chi connectivity index (χ4v) is 5.33. The van der Waals surface area contributed by atoms with Gasteiger partial charge in [0.25, 0.3) is 5.91 Å². The number of rotatable bonds is 6. The Morgan fingerprint density at radius 2 is 1.81 bits per heavy atom. The van der Waals surface area contributed by atoms with E-state index < -0.39 is 0 Å². The predicted molar refractivity (Wildman–Crippen MR) is 146 cm³/mol. The quantitative estimate of drug-likeness (QED) is 0.228. The topological polar surface area (TPSA) is 50.7 Å². The van der Waals surface area contributed by atoms with E-state index in [9.17, 15) is 9.18 Å². The zero-order chi connectivity index (χ0) is 25.2. The van der Waals surface area contributed by atoms with Crippen LogP contribution in [0.5, 0.6) is 0 Å². The van der Waals surface area contributed by atoms with E-state index in [-0.39, 0.29) is 11.7 Å². The van der Waals surface area contributed by atoms with Crippen LogP contribution in [0.4, 0.5) is 10.1 Å². The molecule has 0 saturated carbocycles. The van der Waals surface area contributed by atoms with Crippen molar-refractivity contribution in [1.29, 1.82) is 0 Å². The van der Waals surface area contributed by atoms with E-state index >= 15 is 0 Å². The Bertz CT molecular complexity index is 1640. The number of para-hydroxylation sites is 1. The molecule has 5 nitrogen and oxygen atoms in total. The Kier molecular flexibility index (Phi) is 6.20. The van der Waals surface area contributed by atoms with Gasteiger partial charge < -0.3 is 8.98 Å². The second-order valence-corrected chi connectivity index (χ2v) is 9.71. The van der Waals surface area contributed by atoms with Gasteiger partial charge in [-0.1, -0.05) is 36.4 Å². The number of carbonyl (C=O) groups is 1. The molecule has 0 atom stereocenters. The van der Waals surface area contributed by atoms with Gasteiger partial charge in [-0.2, -0.15) is 0 Å². The Labute approximate surface area is 217 Å². The molecular weight excluding hydrogens is 485 g/mol. The monoisotopic (exact) mass is 507 g/mol. The average molecular weight is 508 g/mol. The summed E-state index contributed by atoms with van der Waals surface area (Å²) in [6.45, 7) is 0.890. The molecule has 0 aliphatic carbocycles. The fourth-order valence-electron chi connectivity index (χ4n) is 4.33. The van der Waals surface area contributed by atoms with E-state index in [4.69, 9.17) is 9.41 Å². The summed E-state index contributed by atoms with van der Waals surface area (Å²) in [4.78, 5) is 20.4. The van der Waals surface area contributed by atoms with E-state index in [0.29, 0.717) is 28.9 Å².